The molecular formula is C10H6ClN3OS. The average Bonchev–Trinajstić information content (AvgIpc) is 2.87. The quantitative estimate of drug-likeness (QED) is 0.623. The van der Waals surface area contributed by atoms with Crippen molar-refractivity contribution in [2.75, 3.05) is 0 Å². The van der Waals surface area contributed by atoms with Crippen molar-refractivity contribution in [3.8, 4) is 11.6 Å². The first-order valence-electron chi connectivity index (χ1n) is 4.58. The van der Waals surface area contributed by atoms with Gasteiger partial charge in [0.15, 0.2) is 0 Å². The van der Waals surface area contributed by atoms with E-state index >= 15 is 0 Å². The lowest BCUT2D eigenvalue weighted by molar-refractivity contribution is 0.430. The molecule has 0 atom stereocenters. The number of aryl methyl sites for hydroxylation is 1. The van der Waals surface area contributed by atoms with Crippen molar-refractivity contribution < 1.29 is 4.52 Å². The molecule has 3 rings (SSSR count). The van der Waals surface area contributed by atoms with E-state index in [4.69, 9.17) is 16.1 Å². The summed E-state index contributed by atoms with van der Waals surface area (Å²) in [5.41, 5.74) is 1.09. The van der Waals surface area contributed by atoms with Gasteiger partial charge in [-0.25, -0.2) is 9.97 Å². The van der Waals surface area contributed by atoms with Gasteiger partial charge < -0.3 is 4.52 Å². The molecule has 0 aliphatic carbocycles. The number of aromatic nitrogens is 3. The molecule has 0 aromatic carbocycles. The van der Waals surface area contributed by atoms with Crippen LogP contribution in [-0.4, -0.2) is 15.1 Å². The number of hydrogen-bond acceptors (Lipinski definition) is 5. The third-order valence-electron chi connectivity index (χ3n) is 2.23. The van der Waals surface area contributed by atoms with E-state index in [-0.39, 0.29) is 0 Å². The Morgan fingerprint density at radius 2 is 2.25 bits per heavy atom. The fourth-order valence-corrected chi connectivity index (χ4v) is 2.77. The number of nitrogens with zero attached hydrogens (tertiary/aromatic N) is 3. The van der Waals surface area contributed by atoms with E-state index in [1.54, 1.807) is 23.6 Å². The summed E-state index contributed by atoms with van der Waals surface area (Å²) in [5, 5.41) is 6.99. The van der Waals surface area contributed by atoms with Gasteiger partial charge in [-0.15, -0.1) is 11.3 Å². The normalized spacial score (nSPS) is 11.1. The highest BCUT2D eigenvalue weighted by molar-refractivity contribution is 7.17. The molecule has 0 saturated heterocycles. The first-order chi connectivity index (χ1) is 7.75. The van der Waals surface area contributed by atoms with Gasteiger partial charge in [0.1, 0.15) is 9.98 Å². The number of fused-ring (bicyclic) bond motifs is 1. The van der Waals surface area contributed by atoms with Gasteiger partial charge >= 0.3 is 0 Å². The Hall–Kier alpha value is -1.46. The molecule has 3 heterocycles. The zero-order valence-corrected chi connectivity index (χ0v) is 9.84. The Kier molecular flexibility index (Phi) is 2.15. The van der Waals surface area contributed by atoms with Gasteiger partial charge in [-0.2, -0.15) is 0 Å². The Bertz CT molecular complexity index is 647. The second-order valence-electron chi connectivity index (χ2n) is 3.31. The fraction of sp³-hybridized carbons (Fsp3) is 0.100. The summed E-state index contributed by atoms with van der Waals surface area (Å²) in [4.78, 5) is 9.46. The molecule has 0 radical (unpaired) electrons. The summed E-state index contributed by atoms with van der Waals surface area (Å²) >= 11 is 7.66. The van der Waals surface area contributed by atoms with Crippen molar-refractivity contribution >= 4 is 33.2 Å². The first kappa shape index (κ1) is 9.74. The molecule has 0 aliphatic rings. The van der Waals surface area contributed by atoms with Crippen molar-refractivity contribution in [1.29, 1.82) is 0 Å². The molecule has 0 amide bonds. The van der Waals surface area contributed by atoms with Gasteiger partial charge in [-0.05, 0) is 17.9 Å². The molecule has 0 saturated carbocycles. The zero-order valence-electron chi connectivity index (χ0n) is 8.27. The fourth-order valence-electron chi connectivity index (χ4n) is 1.48. The summed E-state index contributed by atoms with van der Waals surface area (Å²) in [5.74, 6) is 0.992. The van der Waals surface area contributed by atoms with Crippen molar-refractivity contribution in [2.24, 2.45) is 0 Å². The highest BCUT2D eigenvalue weighted by Gasteiger charge is 2.13. The standard InChI is InChI=1S/C10H6ClN3OS/c1-5-4-16-10-7(5)8(11)13-9(14-10)6-2-3-12-15-6/h2-4H,1H3. The van der Waals surface area contributed by atoms with E-state index in [2.05, 4.69) is 15.1 Å². The Balaban J connectivity index is 2.30. The van der Waals surface area contributed by atoms with Crippen molar-refractivity contribution in [2.45, 2.75) is 6.92 Å². The van der Waals surface area contributed by atoms with Crippen LogP contribution in [0.15, 0.2) is 22.2 Å². The molecule has 0 N–H and O–H groups in total. The van der Waals surface area contributed by atoms with E-state index in [1.165, 1.54) is 0 Å². The molecule has 3 aromatic heterocycles. The number of hydrogen-bond donors (Lipinski definition) is 0. The van der Waals surface area contributed by atoms with Crippen molar-refractivity contribution in [3.05, 3.63) is 28.4 Å². The summed E-state index contributed by atoms with van der Waals surface area (Å²) in [7, 11) is 0. The van der Waals surface area contributed by atoms with Crippen LogP contribution in [0.25, 0.3) is 21.8 Å². The van der Waals surface area contributed by atoms with E-state index in [9.17, 15) is 0 Å². The Labute approximate surface area is 99.9 Å². The Morgan fingerprint density at radius 1 is 1.38 bits per heavy atom. The predicted octanol–water partition coefficient (Wildman–Crippen LogP) is 3.31. The van der Waals surface area contributed by atoms with Gasteiger partial charge in [0.05, 0.1) is 11.6 Å². The largest absolute Gasteiger partial charge is 0.353 e. The summed E-state index contributed by atoms with van der Waals surface area (Å²) < 4.78 is 5.00. The van der Waals surface area contributed by atoms with Gasteiger partial charge in [0.25, 0.3) is 0 Å². The van der Waals surface area contributed by atoms with Crippen LogP contribution in [0.4, 0.5) is 0 Å². The second-order valence-corrected chi connectivity index (χ2v) is 4.53. The predicted molar refractivity (Wildman–Crippen MR) is 62.7 cm³/mol. The second kappa shape index (κ2) is 3.54. The van der Waals surface area contributed by atoms with Crippen LogP contribution in [0.5, 0.6) is 0 Å². The number of rotatable bonds is 1. The maximum Gasteiger partial charge on any atom is 0.204 e. The SMILES string of the molecule is Cc1csc2nc(-c3ccno3)nc(Cl)c12. The molecule has 0 spiro atoms. The first-order valence-corrected chi connectivity index (χ1v) is 5.84. The molecule has 0 aliphatic heterocycles. The molecule has 4 nitrogen and oxygen atoms in total. The highest BCUT2D eigenvalue weighted by Crippen LogP contribution is 2.31. The molecule has 0 unspecified atom stereocenters. The van der Waals surface area contributed by atoms with Gasteiger partial charge in [-0.1, -0.05) is 16.8 Å². The lowest BCUT2D eigenvalue weighted by atomic mass is 10.3. The molecule has 0 bridgehead atoms. The molecular weight excluding hydrogens is 246 g/mol. The summed E-state index contributed by atoms with van der Waals surface area (Å²) in [6.07, 6.45) is 1.55. The van der Waals surface area contributed by atoms with Crippen LogP contribution in [0, 0.1) is 6.92 Å². The molecule has 0 fully saturated rings. The zero-order chi connectivity index (χ0) is 11.1. The van der Waals surface area contributed by atoms with Crippen LogP contribution >= 0.6 is 22.9 Å². The van der Waals surface area contributed by atoms with Crippen LogP contribution in [0.2, 0.25) is 5.15 Å². The van der Waals surface area contributed by atoms with Crippen LogP contribution in [0.1, 0.15) is 5.56 Å². The molecule has 80 valence electrons. The minimum atomic E-state index is 0.454. The van der Waals surface area contributed by atoms with Crippen molar-refractivity contribution in [1.82, 2.24) is 15.1 Å². The van der Waals surface area contributed by atoms with E-state index in [0.29, 0.717) is 16.7 Å². The van der Waals surface area contributed by atoms with E-state index < -0.39 is 0 Å². The summed E-state index contributed by atoms with van der Waals surface area (Å²) in [6.45, 7) is 1.99. The maximum absolute atomic E-state index is 6.12. The molecule has 16 heavy (non-hydrogen) atoms. The van der Waals surface area contributed by atoms with E-state index in [0.717, 1.165) is 15.8 Å². The molecule has 6 heteroatoms. The smallest absolute Gasteiger partial charge is 0.204 e. The minimum absolute atomic E-state index is 0.454. The number of halogens is 1. The van der Waals surface area contributed by atoms with Crippen LogP contribution < -0.4 is 0 Å². The van der Waals surface area contributed by atoms with E-state index in [1.807, 2.05) is 12.3 Å². The maximum atomic E-state index is 6.12. The third kappa shape index (κ3) is 1.40. The molecule has 3 aromatic rings. The lowest BCUT2D eigenvalue weighted by Gasteiger charge is -1.98. The van der Waals surface area contributed by atoms with Crippen molar-refractivity contribution in [3.63, 3.8) is 0 Å². The third-order valence-corrected chi connectivity index (χ3v) is 3.50. The van der Waals surface area contributed by atoms with Crippen LogP contribution in [0.3, 0.4) is 0 Å². The van der Waals surface area contributed by atoms with Gasteiger partial charge in [-0.3, -0.25) is 0 Å². The lowest BCUT2D eigenvalue weighted by Crippen LogP contribution is -1.88. The van der Waals surface area contributed by atoms with Gasteiger partial charge in [0, 0.05) is 6.07 Å². The average molecular weight is 252 g/mol. The van der Waals surface area contributed by atoms with Gasteiger partial charge in [0.2, 0.25) is 11.6 Å². The minimum Gasteiger partial charge on any atom is -0.353 e. The number of thiophene rings is 1. The Morgan fingerprint density at radius 3 is 3.00 bits per heavy atom. The van der Waals surface area contributed by atoms with Crippen LogP contribution in [-0.2, 0) is 0 Å². The highest BCUT2D eigenvalue weighted by atomic mass is 35.5. The topological polar surface area (TPSA) is 51.8 Å². The monoisotopic (exact) mass is 251 g/mol. The summed E-state index contributed by atoms with van der Waals surface area (Å²) in [6, 6.07) is 1.71.